The normalized spacial score (nSPS) is 12.4. The number of aryl methyl sites for hydroxylation is 1. The van der Waals surface area contributed by atoms with E-state index in [1.165, 1.54) is 10.9 Å². The third kappa shape index (κ3) is 3.60. The van der Waals surface area contributed by atoms with Gasteiger partial charge >= 0.3 is 0 Å². The number of para-hydroxylation sites is 1. The van der Waals surface area contributed by atoms with Crippen molar-refractivity contribution < 1.29 is 14.2 Å². The number of H-pyrrole nitrogens is 1. The molecular formula is C25H24N2O3. The fourth-order valence-corrected chi connectivity index (χ4v) is 3.92. The summed E-state index contributed by atoms with van der Waals surface area (Å²) in [5.74, 6) is 3.23. The standard InChI is InChI=1S/C25H24N2O3/c26-13-5-4-8-20-21-15-19(30-18-6-2-1-3-7-18)10-11-22(21)27-25(20)17-9-12-23-24(14-17)29-16-28-23/h1-3,6-7,9-12,14-15,27H,4-5,8,13,16,26H2. The lowest BCUT2D eigenvalue weighted by Gasteiger charge is -2.08. The van der Waals surface area contributed by atoms with E-state index in [4.69, 9.17) is 19.9 Å². The second kappa shape index (κ2) is 8.13. The molecule has 0 fully saturated rings. The number of nitrogens with two attached hydrogens (primary N) is 1. The highest BCUT2D eigenvalue weighted by Gasteiger charge is 2.18. The van der Waals surface area contributed by atoms with Crippen LogP contribution in [0.15, 0.2) is 66.7 Å². The molecule has 4 aromatic rings. The van der Waals surface area contributed by atoms with Crippen LogP contribution in [0.2, 0.25) is 0 Å². The van der Waals surface area contributed by atoms with Crippen LogP contribution in [-0.2, 0) is 6.42 Å². The Labute approximate surface area is 175 Å². The summed E-state index contributed by atoms with van der Waals surface area (Å²) in [6.45, 7) is 0.971. The molecule has 5 nitrogen and oxygen atoms in total. The van der Waals surface area contributed by atoms with Crippen LogP contribution in [0.25, 0.3) is 22.2 Å². The van der Waals surface area contributed by atoms with E-state index in [9.17, 15) is 0 Å². The monoisotopic (exact) mass is 400 g/mol. The second-order valence-electron chi connectivity index (χ2n) is 7.41. The molecule has 0 spiro atoms. The molecule has 5 heteroatoms. The van der Waals surface area contributed by atoms with Crippen LogP contribution in [0, 0.1) is 0 Å². The number of hydrogen-bond donors (Lipinski definition) is 2. The molecule has 3 aromatic carbocycles. The first-order valence-electron chi connectivity index (χ1n) is 10.3. The Kier molecular flexibility index (Phi) is 5.03. The first-order valence-corrected chi connectivity index (χ1v) is 10.3. The molecule has 1 aliphatic heterocycles. The molecule has 1 aromatic heterocycles. The number of fused-ring (bicyclic) bond motifs is 2. The van der Waals surface area contributed by atoms with E-state index < -0.39 is 0 Å². The highest BCUT2D eigenvalue weighted by Crippen LogP contribution is 2.39. The van der Waals surface area contributed by atoms with Crippen LogP contribution in [0.5, 0.6) is 23.0 Å². The fourth-order valence-electron chi connectivity index (χ4n) is 3.92. The van der Waals surface area contributed by atoms with E-state index in [2.05, 4.69) is 23.2 Å². The van der Waals surface area contributed by atoms with Gasteiger partial charge in [0.15, 0.2) is 11.5 Å². The van der Waals surface area contributed by atoms with Crippen molar-refractivity contribution in [2.24, 2.45) is 5.73 Å². The molecule has 0 radical (unpaired) electrons. The summed E-state index contributed by atoms with van der Waals surface area (Å²) in [7, 11) is 0. The van der Waals surface area contributed by atoms with Gasteiger partial charge in [0.2, 0.25) is 6.79 Å². The number of benzene rings is 3. The van der Waals surface area contributed by atoms with E-state index in [1.54, 1.807) is 0 Å². The topological polar surface area (TPSA) is 69.5 Å². The Morgan fingerprint density at radius 2 is 1.73 bits per heavy atom. The summed E-state index contributed by atoms with van der Waals surface area (Å²) in [6.07, 6.45) is 2.97. The molecule has 0 bridgehead atoms. The van der Waals surface area contributed by atoms with Gasteiger partial charge in [0.1, 0.15) is 11.5 Å². The Morgan fingerprint density at radius 1 is 0.867 bits per heavy atom. The molecule has 0 saturated heterocycles. The molecule has 0 amide bonds. The van der Waals surface area contributed by atoms with E-state index >= 15 is 0 Å². The second-order valence-corrected chi connectivity index (χ2v) is 7.41. The van der Waals surface area contributed by atoms with Crippen molar-refractivity contribution in [1.29, 1.82) is 0 Å². The van der Waals surface area contributed by atoms with Crippen molar-refractivity contribution in [2.75, 3.05) is 13.3 Å². The van der Waals surface area contributed by atoms with Gasteiger partial charge < -0.3 is 24.9 Å². The van der Waals surface area contributed by atoms with Crippen LogP contribution < -0.4 is 19.9 Å². The van der Waals surface area contributed by atoms with E-state index in [1.807, 2.05) is 48.5 Å². The van der Waals surface area contributed by atoms with Crippen molar-refractivity contribution in [2.45, 2.75) is 19.3 Å². The molecule has 3 N–H and O–H groups in total. The van der Waals surface area contributed by atoms with Crippen LogP contribution in [0.1, 0.15) is 18.4 Å². The smallest absolute Gasteiger partial charge is 0.231 e. The summed E-state index contributed by atoms with van der Waals surface area (Å²) >= 11 is 0. The minimum atomic E-state index is 0.273. The molecule has 152 valence electrons. The van der Waals surface area contributed by atoms with Gasteiger partial charge in [-0.15, -0.1) is 0 Å². The fraction of sp³-hybridized carbons (Fsp3) is 0.200. The number of unbranched alkanes of at least 4 members (excludes halogenated alkanes) is 1. The van der Waals surface area contributed by atoms with Crippen molar-refractivity contribution >= 4 is 10.9 Å². The number of aromatic amines is 1. The lowest BCUT2D eigenvalue weighted by Crippen LogP contribution is -1.99. The van der Waals surface area contributed by atoms with Gasteiger partial charge in [-0.1, -0.05) is 18.2 Å². The third-order valence-electron chi connectivity index (χ3n) is 5.40. The molecule has 5 rings (SSSR count). The maximum absolute atomic E-state index is 6.07. The predicted molar refractivity (Wildman–Crippen MR) is 118 cm³/mol. The maximum atomic E-state index is 6.07. The largest absolute Gasteiger partial charge is 0.457 e. The Hall–Kier alpha value is -3.44. The van der Waals surface area contributed by atoms with Gasteiger partial charge in [-0.05, 0) is 79.9 Å². The molecule has 0 aliphatic carbocycles. The minimum absolute atomic E-state index is 0.273. The highest BCUT2D eigenvalue weighted by molar-refractivity contribution is 5.92. The molecule has 0 saturated carbocycles. The van der Waals surface area contributed by atoms with E-state index in [0.29, 0.717) is 6.54 Å². The highest BCUT2D eigenvalue weighted by atomic mass is 16.7. The molecule has 0 atom stereocenters. The van der Waals surface area contributed by atoms with Crippen LogP contribution in [0.4, 0.5) is 0 Å². The summed E-state index contributed by atoms with van der Waals surface area (Å²) in [5, 5.41) is 1.17. The molecule has 0 unspecified atom stereocenters. The number of ether oxygens (including phenoxy) is 3. The van der Waals surface area contributed by atoms with Crippen LogP contribution in [-0.4, -0.2) is 18.3 Å². The summed E-state index contributed by atoms with van der Waals surface area (Å²) in [4.78, 5) is 3.61. The third-order valence-corrected chi connectivity index (χ3v) is 5.40. The van der Waals surface area contributed by atoms with E-state index in [0.717, 1.165) is 59.0 Å². The van der Waals surface area contributed by atoms with Crippen LogP contribution in [0.3, 0.4) is 0 Å². The van der Waals surface area contributed by atoms with Gasteiger partial charge in [0.25, 0.3) is 0 Å². The van der Waals surface area contributed by atoms with Gasteiger partial charge in [0.05, 0.1) is 0 Å². The minimum Gasteiger partial charge on any atom is -0.457 e. The van der Waals surface area contributed by atoms with Gasteiger partial charge in [-0.2, -0.15) is 0 Å². The van der Waals surface area contributed by atoms with E-state index in [-0.39, 0.29) is 6.79 Å². The van der Waals surface area contributed by atoms with Crippen molar-refractivity contribution in [3.8, 4) is 34.3 Å². The molecule has 30 heavy (non-hydrogen) atoms. The zero-order chi connectivity index (χ0) is 20.3. The molecule has 1 aliphatic rings. The zero-order valence-corrected chi connectivity index (χ0v) is 16.7. The summed E-state index contributed by atoms with van der Waals surface area (Å²) in [6, 6.07) is 22.1. The van der Waals surface area contributed by atoms with Crippen LogP contribution >= 0.6 is 0 Å². The first-order chi connectivity index (χ1) is 14.8. The summed E-state index contributed by atoms with van der Waals surface area (Å²) in [5.41, 5.74) is 10.3. The quantitative estimate of drug-likeness (QED) is 0.394. The SMILES string of the molecule is NCCCCc1c(-c2ccc3c(c2)OCO3)[nH]c2ccc(Oc3ccccc3)cc12. The lowest BCUT2D eigenvalue weighted by molar-refractivity contribution is 0.174. The predicted octanol–water partition coefficient (Wildman–Crippen LogP) is 5.64. The summed E-state index contributed by atoms with van der Waals surface area (Å²) < 4.78 is 17.1. The van der Waals surface area contributed by atoms with Crippen molar-refractivity contribution in [3.05, 3.63) is 72.3 Å². The van der Waals surface area contributed by atoms with Gasteiger partial charge in [0, 0.05) is 22.2 Å². The lowest BCUT2D eigenvalue weighted by atomic mass is 10.00. The van der Waals surface area contributed by atoms with Gasteiger partial charge in [-0.25, -0.2) is 0 Å². The van der Waals surface area contributed by atoms with Crippen molar-refractivity contribution in [3.63, 3.8) is 0 Å². The average Bonchev–Trinajstić information content (AvgIpc) is 3.39. The zero-order valence-electron chi connectivity index (χ0n) is 16.7. The number of hydrogen-bond acceptors (Lipinski definition) is 4. The van der Waals surface area contributed by atoms with Gasteiger partial charge in [-0.3, -0.25) is 0 Å². The number of nitrogens with one attached hydrogen (secondary N) is 1. The number of rotatable bonds is 7. The maximum Gasteiger partial charge on any atom is 0.231 e. The average molecular weight is 400 g/mol. The Morgan fingerprint density at radius 3 is 2.60 bits per heavy atom. The number of aromatic nitrogens is 1. The Balaban J connectivity index is 1.56. The Bertz CT molecular complexity index is 1170. The molecule has 2 heterocycles. The molecular weight excluding hydrogens is 376 g/mol. The first kappa shape index (κ1) is 18.6. The van der Waals surface area contributed by atoms with Crippen molar-refractivity contribution in [1.82, 2.24) is 4.98 Å².